The molecule has 6 heteroatoms. The van der Waals surface area contributed by atoms with Crippen LogP contribution < -0.4 is 10.6 Å². The molecule has 0 radical (unpaired) electrons. The second-order valence-electron chi connectivity index (χ2n) is 5.71. The zero-order valence-corrected chi connectivity index (χ0v) is 13.7. The van der Waals surface area contributed by atoms with Crippen molar-refractivity contribution >= 4 is 34.8 Å². The van der Waals surface area contributed by atoms with E-state index in [-0.39, 0.29) is 17.7 Å². The van der Waals surface area contributed by atoms with Gasteiger partial charge in [-0.3, -0.25) is 9.59 Å². The van der Waals surface area contributed by atoms with Crippen molar-refractivity contribution in [2.45, 2.75) is 25.7 Å². The number of carbonyl (C=O) groups excluding carboxylic acids is 2. The third-order valence-electron chi connectivity index (χ3n) is 3.50. The molecular formula is C16H21N3O2S. The quantitative estimate of drug-likeness (QED) is 0.814. The minimum absolute atomic E-state index is 0.00904. The molecule has 1 aliphatic rings. The Morgan fingerprint density at radius 2 is 2.05 bits per heavy atom. The van der Waals surface area contributed by atoms with Crippen LogP contribution in [0.25, 0.3) is 0 Å². The summed E-state index contributed by atoms with van der Waals surface area (Å²) in [5.74, 6) is 0.221. The van der Waals surface area contributed by atoms with Gasteiger partial charge in [0.1, 0.15) is 0 Å². The lowest BCUT2D eigenvalue weighted by molar-refractivity contribution is -0.128. The van der Waals surface area contributed by atoms with E-state index < -0.39 is 0 Å². The number of thiocarbonyl (C=S) groups is 1. The van der Waals surface area contributed by atoms with Crippen molar-refractivity contribution in [2.75, 3.05) is 19.4 Å². The van der Waals surface area contributed by atoms with Crippen molar-refractivity contribution in [1.82, 2.24) is 10.2 Å². The summed E-state index contributed by atoms with van der Waals surface area (Å²) in [6.45, 7) is 0. The zero-order valence-electron chi connectivity index (χ0n) is 12.9. The van der Waals surface area contributed by atoms with Crippen LogP contribution >= 0.6 is 12.2 Å². The summed E-state index contributed by atoms with van der Waals surface area (Å²) in [6, 6.07) is 7.70. The Balaban J connectivity index is 1.86. The van der Waals surface area contributed by atoms with Crippen LogP contribution in [0.15, 0.2) is 24.3 Å². The van der Waals surface area contributed by atoms with Crippen molar-refractivity contribution in [3.8, 4) is 0 Å². The minimum atomic E-state index is -0.00904. The predicted octanol–water partition coefficient (Wildman–Crippen LogP) is 1.93. The number of hydrogen-bond donors (Lipinski definition) is 2. The Hall–Kier alpha value is -1.95. The fourth-order valence-electron chi connectivity index (χ4n) is 2.00. The average Bonchev–Trinajstić information content (AvgIpc) is 3.29. The molecule has 118 valence electrons. The van der Waals surface area contributed by atoms with Crippen molar-refractivity contribution in [1.29, 1.82) is 0 Å². The highest BCUT2D eigenvalue weighted by Crippen LogP contribution is 2.28. The highest BCUT2D eigenvalue weighted by atomic mass is 32.1. The van der Waals surface area contributed by atoms with Gasteiger partial charge in [0, 0.05) is 32.1 Å². The van der Waals surface area contributed by atoms with Gasteiger partial charge in [0.15, 0.2) is 5.11 Å². The van der Waals surface area contributed by atoms with Crippen molar-refractivity contribution < 1.29 is 9.59 Å². The lowest BCUT2D eigenvalue weighted by Crippen LogP contribution is -2.35. The molecule has 0 unspecified atom stereocenters. The summed E-state index contributed by atoms with van der Waals surface area (Å²) in [5.41, 5.74) is 1.87. The summed E-state index contributed by atoms with van der Waals surface area (Å²) in [6.07, 6.45) is 3.04. The molecule has 0 spiro atoms. The first-order chi connectivity index (χ1) is 10.5. The maximum atomic E-state index is 11.6. The van der Waals surface area contributed by atoms with E-state index in [0.717, 1.165) is 24.1 Å². The fourth-order valence-corrected chi connectivity index (χ4v) is 2.22. The summed E-state index contributed by atoms with van der Waals surface area (Å²) in [4.78, 5) is 24.8. The highest BCUT2D eigenvalue weighted by molar-refractivity contribution is 7.80. The third kappa shape index (κ3) is 5.11. The molecule has 0 heterocycles. The average molecular weight is 319 g/mol. The van der Waals surface area contributed by atoms with Crippen LogP contribution in [0.2, 0.25) is 0 Å². The molecule has 0 aliphatic heterocycles. The van der Waals surface area contributed by atoms with E-state index in [2.05, 4.69) is 10.6 Å². The molecule has 22 heavy (non-hydrogen) atoms. The van der Waals surface area contributed by atoms with Crippen LogP contribution in [0.1, 0.15) is 24.8 Å². The molecule has 0 aromatic heterocycles. The molecule has 0 saturated heterocycles. The Morgan fingerprint density at radius 3 is 2.68 bits per heavy atom. The Bertz CT molecular complexity index is 583. The van der Waals surface area contributed by atoms with Gasteiger partial charge in [0.25, 0.3) is 0 Å². The van der Waals surface area contributed by atoms with Crippen LogP contribution in [-0.4, -0.2) is 35.9 Å². The SMILES string of the molecule is CN(C)C(=O)CCc1cccc(NC(=S)NC(=O)C2CC2)c1. The summed E-state index contributed by atoms with van der Waals surface area (Å²) in [5, 5.41) is 6.02. The lowest BCUT2D eigenvalue weighted by atomic mass is 10.1. The molecule has 1 aromatic carbocycles. The van der Waals surface area contributed by atoms with Crippen LogP contribution in [0.5, 0.6) is 0 Å². The van der Waals surface area contributed by atoms with Crippen LogP contribution in [0.3, 0.4) is 0 Å². The molecule has 2 rings (SSSR count). The van der Waals surface area contributed by atoms with Gasteiger partial charge in [-0.1, -0.05) is 12.1 Å². The van der Waals surface area contributed by atoms with Gasteiger partial charge in [-0.15, -0.1) is 0 Å². The number of rotatable bonds is 5. The largest absolute Gasteiger partial charge is 0.349 e. The number of nitrogens with zero attached hydrogens (tertiary/aromatic N) is 1. The fraction of sp³-hybridized carbons (Fsp3) is 0.438. The maximum absolute atomic E-state index is 11.6. The van der Waals surface area contributed by atoms with E-state index in [9.17, 15) is 9.59 Å². The minimum Gasteiger partial charge on any atom is -0.349 e. The third-order valence-corrected chi connectivity index (χ3v) is 3.70. The second-order valence-corrected chi connectivity index (χ2v) is 6.11. The number of aryl methyl sites for hydroxylation is 1. The first kappa shape index (κ1) is 16.4. The first-order valence-corrected chi connectivity index (χ1v) is 7.77. The Kier molecular flexibility index (Phi) is 5.49. The second kappa shape index (κ2) is 7.35. The zero-order chi connectivity index (χ0) is 16.1. The summed E-state index contributed by atoms with van der Waals surface area (Å²) < 4.78 is 0. The summed E-state index contributed by atoms with van der Waals surface area (Å²) in [7, 11) is 3.50. The number of amides is 2. The molecule has 1 aromatic rings. The molecule has 2 amide bonds. The van der Waals surface area contributed by atoms with Gasteiger partial charge in [-0.2, -0.15) is 0 Å². The van der Waals surface area contributed by atoms with Crippen molar-refractivity contribution in [2.24, 2.45) is 5.92 Å². The van der Waals surface area contributed by atoms with Crippen LogP contribution in [-0.2, 0) is 16.0 Å². The highest BCUT2D eigenvalue weighted by Gasteiger charge is 2.29. The molecule has 1 saturated carbocycles. The topological polar surface area (TPSA) is 61.4 Å². The van der Waals surface area contributed by atoms with E-state index in [1.165, 1.54) is 0 Å². The van der Waals surface area contributed by atoms with Crippen LogP contribution in [0, 0.1) is 5.92 Å². The number of nitrogens with one attached hydrogen (secondary N) is 2. The first-order valence-electron chi connectivity index (χ1n) is 7.36. The van der Waals surface area contributed by atoms with E-state index in [4.69, 9.17) is 12.2 Å². The maximum Gasteiger partial charge on any atom is 0.229 e. The van der Waals surface area contributed by atoms with Gasteiger partial charge in [-0.25, -0.2) is 0 Å². The Labute approximate surface area is 136 Å². The van der Waals surface area contributed by atoms with Gasteiger partial charge >= 0.3 is 0 Å². The Morgan fingerprint density at radius 1 is 1.32 bits per heavy atom. The van der Waals surface area contributed by atoms with Crippen molar-refractivity contribution in [3.63, 3.8) is 0 Å². The molecule has 1 aliphatic carbocycles. The summed E-state index contributed by atoms with van der Waals surface area (Å²) >= 11 is 5.14. The molecule has 2 N–H and O–H groups in total. The smallest absolute Gasteiger partial charge is 0.229 e. The number of anilines is 1. The van der Waals surface area contributed by atoms with E-state index in [1.54, 1.807) is 19.0 Å². The molecule has 5 nitrogen and oxygen atoms in total. The molecule has 0 atom stereocenters. The standard InChI is InChI=1S/C16H21N3O2S/c1-19(2)14(20)9-6-11-4-3-5-13(10-11)17-16(22)18-15(21)12-7-8-12/h3-5,10,12H,6-9H2,1-2H3,(H2,17,18,21,22). The van der Waals surface area contributed by atoms with Gasteiger partial charge < -0.3 is 15.5 Å². The predicted molar refractivity (Wildman–Crippen MR) is 90.5 cm³/mol. The normalized spacial score (nSPS) is 13.4. The number of hydrogen-bond acceptors (Lipinski definition) is 3. The lowest BCUT2D eigenvalue weighted by Gasteiger charge is -2.12. The monoisotopic (exact) mass is 319 g/mol. The molecule has 0 bridgehead atoms. The van der Waals surface area contributed by atoms with E-state index >= 15 is 0 Å². The molecular weight excluding hydrogens is 298 g/mol. The van der Waals surface area contributed by atoms with E-state index in [0.29, 0.717) is 18.0 Å². The number of benzene rings is 1. The van der Waals surface area contributed by atoms with E-state index in [1.807, 2.05) is 24.3 Å². The number of carbonyl (C=O) groups is 2. The van der Waals surface area contributed by atoms with Gasteiger partial charge in [-0.05, 0) is 49.2 Å². The van der Waals surface area contributed by atoms with Gasteiger partial charge in [0.2, 0.25) is 11.8 Å². The van der Waals surface area contributed by atoms with Gasteiger partial charge in [0.05, 0.1) is 0 Å². The van der Waals surface area contributed by atoms with Crippen LogP contribution in [0.4, 0.5) is 5.69 Å². The van der Waals surface area contributed by atoms with Crippen molar-refractivity contribution in [3.05, 3.63) is 29.8 Å². The molecule has 1 fully saturated rings.